The molecule has 0 saturated heterocycles. The van der Waals surface area contributed by atoms with Crippen molar-refractivity contribution in [3.8, 4) is 0 Å². The van der Waals surface area contributed by atoms with E-state index in [1.54, 1.807) is 0 Å². The van der Waals surface area contributed by atoms with Crippen molar-refractivity contribution in [2.45, 2.75) is 116 Å². The third-order valence-electron chi connectivity index (χ3n) is 4.22. The van der Waals surface area contributed by atoms with Crippen LogP contribution in [0.4, 0.5) is 0 Å². The van der Waals surface area contributed by atoms with Gasteiger partial charge in [-0.2, -0.15) is 0 Å². The van der Waals surface area contributed by atoms with Crippen molar-refractivity contribution in [3.05, 3.63) is 0 Å². The second-order valence-electron chi connectivity index (χ2n) is 6.39. The van der Waals surface area contributed by atoms with Crippen LogP contribution in [0.1, 0.15) is 110 Å². The molecule has 0 aliphatic carbocycles. The molecule has 0 spiro atoms. The molecule has 2 atom stereocenters. The summed E-state index contributed by atoms with van der Waals surface area (Å²) >= 11 is -2.37. The van der Waals surface area contributed by atoms with Crippen LogP contribution in [0.25, 0.3) is 0 Å². The van der Waals surface area contributed by atoms with E-state index in [9.17, 15) is 8.76 Å². The predicted octanol–water partition coefficient (Wildman–Crippen LogP) is 6.06. The van der Waals surface area contributed by atoms with Gasteiger partial charge in [0, 0.05) is 0 Å². The van der Waals surface area contributed by atoms with Crippen molar-refractivity contribution >= 4 is 11.4 Å². The monoisotopic (exact) mass is 333 g/mol. The van der Waals surface area contributed by atoms with Crippen molar-refractivity contribution < 1.29 is 12.9 Å². The molecule has 0 rings (SSSR count). The molecule has 2 unspecified atom stereocenters. The van der Waals surface area contributed by atoms with E-state index in [2.05, 4.69) is 13.8 Å². The molecule has 22 heavy (non-hydrogen) atoms. The molecule has 0 heterocycles. The molecule has 0 radical (unpaired) electrons. The Morgan fingerprint density at radius 3 is 1.45 bits per heavy atom. The summed E-state index contributed by atoms with van der Waals surface area (Å²) in [6.07, 6.45) is 17.9. The normalized spacial score (nSPS) is 14.1. The third-order valence-corrected chi connectivity index (χ3v) is 4.65. The molecule has 0 bridgehead atoms. The van der Waals surface area contributed by atoms with Crippen LogP contribution in [0.3, 0.4) is 0 Å². The summed E-state index contributed by atoms with van der Waals surface area (Å²) in [7, 11) is 0. The largest absolute Gasteiger partial charge is 0.750 e. The van der Waals surface area contributed by atoms with Gasteiger partial charge in [-0.05, 0) is 12.8 Å². The first-order chi connectivity index (χ1) is 10.7. The van der Waals surface area contributed by atoms with Crippen LogP contribution in [0, 0.1) is 0 Å². The average Bonchev–Trinajstić information content (AvgIpc) is 2.49. The van der Waals surface area contributed by atoms with Crippen LogP contribution in [0.15, 0.2) is 0 Å². The maximum Gasteiger partial charge on any atom is 0.0844 e. The van der Waals surface area contributed by atoms with Gasteiger partial charge in [0.25, 0.3) is 0 Å². The minimum absolute atomic E-state index is 0.0971. The highest BCUT2D eigenvalue weighted by Gasteiger charge is 2.09. The van der Waals surface area contributed by atoms with Gasteiger partial charge in [-0.15, -0.1) is 0 Å². The van der Waals surface area contributed by atoms with E-state index in [4.69, 9.17) is 4.18 Å². The van der Waals surface area contributed by atoms with Gasteiger partial charge in [-0.25, -0.2) is 4.21 Å². The lowest BCUT2D eigenvalue weighted by Crippen LogP contribution is -2.14. The van der Waals surface area contributed by atoms with E-state index < -0.39 is 11.4 Å². The lowest BCUT2D eigenvalue weighted by molar-refractivity contribution is 0.173. The lowest BCUT2D eigenvalue weighted by atomic mass is 10.0. The first kappa shape index (κ1) is 22.1. The minimum atomic E-state index is -2.37. The van der Waals surface area contributed by atoms with E-state index in [1.165, 1.54) is 70.6 Å². The predicted molar refractivity (Wildman–Crippen MR) is 94.4 cm³/mol. The lowest BCUT2D eigenvalue weighted by Gasteiger charge is -2.18. The molecule has 0 N–H and O–H groups in total. The molecule has 0 amide bonds. The maximum atomic E-state index is 10.8. The summed E-state index contributed by atoms with van der Waals surface area (Å²) in [5.41, 5.74) is 0. The Morgan fingerprint density at radius 1 is 0.727 bits per heavy atom. The van der Waals surface area contributed by atoms with Crippen molar-refractivity contribution in [2.75, 3.05) is 0 Å². The Kier molecular flexibility index (Phi) is 17.5. The molecule has 0 aromatic rings. The third kappa shape index (κ3) is 16.4. The van der Waals surface area contributed by atoms with E-state index >= 15 is 0 Å². The molecule has 0 aliphatic heterocycles. The molecule has 0 aromatic heterocycles. The Balaban J connectivity index is 3.63. The van der Waals surface area contributed by atoms with Crippen molar-refractivity contribution in [3.63, 3.8) is 0 Å². The SMILES string of the molecule is CCCCCCCCCC(CCCCCCCC)OS(=O)[O-]. The quantitative estimate of drug-likeness (QED) is 0.240. The Labute approximate surface area is 141 Å². The zero-order valence-electron chi connectivity index (χ0n) is 14.8. The Bertz CT molecular complexity index is 246. The number of hydrogen-bond donors (Lipinski definition) is 0. The van der Waals surface area contributed by atoms with Crippen LogP contribution < -0.4 is 0 Å². The average molecular weight is 334 g/mol. The highest BCUT2D eigenvalue weighted by atomic mass is 32.2. The van der Waals surface area contributed by atoms with Crippen molar-refractivity contribution in [2.24, 2.45) is 0 Å². The van der Waals surface area contributed by atoms with Crippen LogP contribution in [-0.2, 0) is 15.5 Å². The fourth-order valence-electron chi connectivity index (χ4n) is 2.83. The van der Waals surface area contributed by atoms with Crippen molar-refractivity contribution in [1.29, 1.82) is 0 Å². The van der Waals surface area contributed by atoms with Gasteiger partial charge < -0.3 is 4.55 Å². The van der Waals surface area contributed by atoms with Gasteiger partial charge in [0.05, 0.1) is 17.5 Å². The summed E-state index contributed by atoms with van der Waals surface area (Å²) in [4.78, 5) is 0. The molecular formula is C18H37O3S-. The zero-order valence-corrected chi connectivity index (χ0v) is 15.6. The van der Waals surface area contributed by atoms with E-state index in [-0.39, 0.29) is 6.10 Å². The maximum absolute atomic E-state index is 10.8. The fourth-order valence-corrected chi connectivity index (χ4v) is 3.25. The van der Waals surface area contributed by atoms with Gasteiger partial charge in [0.2, 0.25) is 0 Å². The molecule has 0 fully saturated rings. The number of rotatable bonds is 17. The molecule has 4 heteroatoms. The molecule has 0 aromatic carbocycles. The summed E-state index contributed by atoms with van der Waals surface area (Å²) in [6, 6.07) is 0. The molecule has 0 saturated carbocycles. The van der Waals surface area contributed by atoms with E-state index in [1.807, 2.05) is 0 Å². The zero-order chi connectivity index (χ0) is 16.5. The summed E-state index contributed by atoms with van der Waals surface area (Å²) < 4.78 is 26.6. The van der Waals surface area contributed by atoms with E-state index in [0.29, 0.717) is 0 Å². The van der Waals surface area contributed by atoms with Gasteiger partial charge in [0.15, 0.2) is 0 Å². The second kappa shape index (κ2) is 17.4. The minimum Gasteiger partial charge on any atom is -0.750 e. The van der Waals surface area contributed by atoms with Crippen LogP contribution in [0.2, 0.25) is 0 Å². The summed E-state index contributed by atoms with van der Waals surface area (Å²) in [5.74, 6) is 0. The Morgan fingerprint density at radius 2 is 1.09 bits per heavy atom. The van der Waals surface area contributed by atoms with Crippen LogP contribution in [-0.4, -0.2) is 14.9 Å². The van der Waals surface area contributed by atoms with Crippen molar-refractivity contribution in [1.82, 2.24) is 0 Å². The fraction of sp³-hybridized carbons (Fsp3) is 1.00. The highest BCUT2D eigenvalue weighted by Crippen LogP contribution is 2.17. The highest BCUT2D eigenvalue weighted by molar-refractivity contribution is 7.74. The van der Waals surface area contributed by atoms with Gasteiger partial charge in [-0.3, -0.25) is 4.18 Å². The first-order valence-corrected chi connectivity index (χ1v) is 10.5. The standard InChI is InChI=1S/C18H38O3S/c1-3-5-7-9-11-13-15-17-18(21-22(19)20)16-14-12-10-8-6-4-2/h18H,3-17H2,1-2H3,(H,19,20)/p-1. The Hall–Kier alpha value is 0.0700. The topological polar surface area (TPSA) is 49.4 Å². The molecule has 0 aliphatic rings. The van der Waals surface area contributed by atoms with Gasteiger partial charge >= 0.3 is 0 Å². The second-order valence-corrected chi connectivity index (χ2v) is 6.99. The summed E-state index contributed by atoms with van der Waals surface area (Å²) in [5, 5.41) is 0. The van der Waals surface area contributed by atoms with Gasteiger partial charge in [0.1, 0.15) is 0 Å². The number of unbranched alkanes of at least 4 members (excludes halogenated alkanes) is 11. The van der Waals surface area contributed by atoms with Gasteiger partial charge in [-0.1, -0.05) is 97.3 Å². The molecule has 134 valence electrons. The van der Waals surface area contributed by atoms with E-state index in [0.717, 1.165) is 25.7 Å². The number of hydrogen-bond acceptors (Lipinski definition) is 3. The first-order valence-electron chi connectivity index (χ1n) is 9.47. The summed E-state index contributed by atoms with van der Waals surface area (Å²) in [6.45, 7) is 4.45. The van der Waals surface area contributed by atoms with Crippen LogP contribution in [0.5, 0.6) is 0 Å². The molecule has 3 nitrogen and oxygen atoms in total. The van der Waals surface area contributed by atoms with Crippen LogP contribution >= 0.6 is 0 Å². The molecular weight excluding hydrogens is 296 g/mol. The smallest absolute Gasteiger partial charge is 0.0844 e.